The van der Waals surface area contributed by atoms with Gasteiger partial charge in [0.1, 0.15) is 11.3 Å². The summed E-state index contributed by atoms with van der Waals surface area (Å²) >= 11 is 3.36. The highest BCUT2D eigenvalue weighted by atomic mass is 79.9. The molecule has 3 heteroatoms. The molecule has 0 aliphatic carbocycles. The van der Waals surface area contributed by atoms with Crippen molar-refractivity contribution >= 4 is 37.7 Å². The molecule has 1 heterocycles. The van der Waals surface area contributed by atoms with E-state index >= 15 is 0 Å². The van der Waals surface area contributed by atoms with Crippen molar-refractivity contribution in [3.05, 3.63) is 46.9 Å². The zero-order chi connectivity index (χ0) is 11.1. The lowest BCUT2D eigenvalue weighted by Crippen LogP contribution is -1.83. The number of fused-ring (bicyclic) bond motifs is 2. The van der Waals surface area contributed by atoms with Gasteiger partial charge in [0.05, 0.1) is 5.52 Å². The van der Waals surface area contributed by atoms with Crippen LogP contribution in [0.3, 0.4) is 0 Å². The molecule has 0 radical (unpaired) electrons. The molecular weight excluding hydrogens is 266 g/mol. The molecule has 0 bridgehead atoms. The van der Waals surface area contributed by atoms with Crippen LogP contribution in [0.15, 0.2) is 46.9 Å². The number of phenolic OH excluding ortho intramolecular Hbond substituents is 1. The molecule has 0 aliphatic heterocycles. The Morgan fingerprint density at radius 1 is 1.00 bits per heavy atom. The van der Waals surface area contributed by atoms with Gasteiger partial charge in [-0.2, -0.15) is 0 Å². The van der Waals surface area contributed by atoms with E-state index < -0.39 is 0 Å². The quantitative estimate of drug-likeness (QED) is 0.631. The Morgan fingerprint density at radius 2 is 1.81 bits per heavy atom. The maximum atomic E-state index is 9.82. The number of phenols is 1. The van der Waals surface area contributed by atoms with Crippen LogP contribution >= 0.6 is 15.9 Å². The molecule has 0 unspecified atom stereocenters. The van der Waals surface area contributed by atoms with E-state index in [0.29, 0.717) is 5.52 Å². The van der Waals surface area contributed by atoms with Gasteiger partial charge < -0.3 is 5.11 Å². The van der Waals surface area contributed by atoms with Crippen LogP contribution in [-0.4, -0.2) is 10.1 Å². The molecule has 0 fully saturated rings. The number of benzene rings is 2. The first kappa shape index (κ1) is 9.60. The lowest BCUT2D eigenvalue weighted by molar-refractivity contribution is 0.480. The van der Waals surface area contributed by atoms with Gasteiger partial charge in [0.25, 0.3) is 0 Å². The number of aromatic hydroxyl groups is 1. The zero-order valence-electron chi connectivity index (χ0n) is 8.31. The number of halogens is 1. The maximum absolute atomic E-state index is 9.82. The first-order valence-electron chi connectivity index (χ1n) is 4.92. The molecule has 3 rings (SSSR count). The molecule has 0 saturated carbocycles. The predicted molar refractivity (Wildman–Crippen MR) is 68.6 cm³/mol. The van der Waals surface area contributed by atoms with Crippen molar-refractivity contribution in [2.24, 2.45) is 0 Å². The molecule has 0 amide bonds. The van der Waals surface area contributed by atoms with E-state index in [1.54, 1.807) is 6.07 Å². The van der Waals surface area contributed by atoms with Crippen molar-refractivity contribution in [3.63, 3.8) is 0 Å². The molecule has 16 heavy (non-hydrogen) atoms. The predicted octanol–water partition coefficient (Wildman–Crippen LogP) is 3.86. The minimum Gasteiger partial charge on any atom is -0.506 e. The fourth-order valence-corrected chi connectivity index (χ4v) is 2.30. The Hall–Kier alpha value is -1.61. The van der Waals surface area contributed by atoms with Crippen LogP contribution < -0.4 is 0 Å². The van der Waals surface area contributed by atoms with Crippen molar-refractivity contribution in [1.82, 2.24) is 4.98 Å². The van der Waals surface area contributed by atoms with E-state index in [-0.39, 0.29) is 5.75 Å². The average Bonchev–Trinajstić information content (AvgIpc) is 2.27. The number of aromatic nitrogens is 1. The first-order valence-corrected chi connectivity index (χ1v) is 5.71. The Kier molecular flexibility index (Phi) is 2.07. The SMILES string of the molecule is Oc1cc(Br)cc2cc3ccccc3nc12. The lowest BCUT2D eigenvalue weighted by atomic mass is 10.1. The third-order valence-corrected chi connectivity index (χ3v) is 3.02. The number of hydrogen-bond donors (Lipinski definition) is 1. The lowest BCUT2D eigenvalue weighted by Gasteiger charge is -2.04. The van der Waals surface area contributed by atoms with E-state index in [1.807, 2.05) is 36.4 Å². The normalized spacial score (nSPS) is 11.1. The van der Waals surface area contributed by atoms with Crippen molar-refractivity contribution in [2.75, 3.05) is 0 Å². The van der Waals surface area contributed by atoms with Crippen molar-refractivity contribution in [3.8, 4) is 5.75 Å². The summed E-state index contributed by atoms with van der Waals surface area (Å²) in [4.78, 5) is 4.45. The molecular formula is C13H8BrNO. The van der Waals surface area contributed by atoms with Gasteiger partial charge in [-0.05, 0) is 24.3 Å². The van der Waals surface area contributed by atoms with Crippen LogP contribution in [0.1, 0.15) is 0 Å². The molecule has 1 N–H and O–H groups in total. The standard InChI is InChI=1S/C13H8BrNO/c14-10-6-9-5-8-3-1-2-4-11(8)15-13(9)12(16)7-10/h1-7,16H. The van der Waals surface area contributed by atoms with Crippen molar-refractivity contribution in [1.29, 1.82) is 0 Å². The number of rotatable bonds is 0. The first-order chi connectivity index (χ1) is 7.74. The summed E-state index contributed by atoms with van der Waals surface area (Å²) in [6.45, 7) is 0. The van der Waals surface area contributed by atoms with Crippen LogP contribution in [0.25, 0.3) is 21.8 Å². The highest BCUT2D eigenvalue weighted by Crippen LogP contribution is 2.29. The topological polar surface area (TPSA) is 33.1 Å². The minimum atomic E-state index is 0.204. The Labute approximate surface area is 101 Å². The fraction of sp³-hybridized carbons (Fsp3) is 0. The highest BCUT2D eigenvalue weighted by Gasteiger charge is 2.05. The van der Waals surface area contributed by atoms with Gasteiger partial charge in [-0.25, -0.2) is 4.98 Å². The monoisotopic (exact) mass is 273 g/mol. The summed E-state index contributed by atoms with van der Waals surface area (Å²) in [5.41, 5.74) is 1.54. The van der Waals surface area contributed by atoms with Crippen LogP contribution in [0.5, 0.6) is 5.75 Å². The number of nitrogens with zero attached hydrogens (tertiary/aromatic N) is 1. The van der Waals surface area contributed by atoms with E-state index in [0.717, 1.165) is 20.8 Å². The molecule has 0 aliphatic rings. The van der Waals surface area contributed by atoms with Gasteiger partial charge in [0.2, 0.25) is 0 Å². The molecule has 3 aromatic rings. The van der Waals surface area contributed by atoms with Crippen LogP contribution in [0.2, 0.25) is 0 Å². The number of pyridine rings is 1. The van der Waals surface area contributed by atoms with Gasteiger partial charge in [-0.15, -0.1) is 0 Å². The summed E-state index contributed by atoms with van der Waals surface area (Å²) in [7, 11) is 0. The van der Waals surface area contributed by atoms with Crippen LogP contribution in [0.4, 0.5) is 0 Å². The minimum absolute atomic E-state index is 0.204. The summed E-state index contributed by atoms with van der Waals surface area (Å²) in [5.74, 6) is 0.204. The highest BCUT2D eigenvalue weighted by molar-refractivity contribution is 9.10. The fourth-order valence-electron chi connectivity index (χ4n) is 1.84. The number of para-hydroxylation sites is 1. The molecule has 0 spiro atoms. The van der Waals surface area contributed by atoms with E-state index in [9.17, 15) is 5.11 Å². The van der Waals surface area contributed by atoms with E-state index in [1.165, 1.54) is 0 Å². The molecule has 2 nitrogen and oxygen atoms in total. The van der Waals surface area contributed by atoms with Gasteiger partial charge >= 0.3 is 0 Å². The van der Waals surface area contributed by atoms with Gasteiger partial charge in [-0.3, -0.25) is 0 Å². The van der Waals surface area contributed by atoms with Gasteiger partial charge in [0.15, 0.2) is 0 Å². The van der Waals surface area contributed by atoms with Crippen molar-refractivity contribution in [2.45, 2.75) is 0 Å². The van der Waals surface area contributed by atoms with Crippen molar-refractivity contribution < 1.29 is 5.11 Å². The van der Waals surface area contributed by atoms with E-state index in [2.05, 4.69) is 20.9 Å². The van der Waals surface area contributed by atoms with Crippen LogP contribution in [-0.2, 0) is 0 Å². The Balaban J connectivity index is 2.51. The summed E-state index contributed by atoms with van der Waals surface area (Å²) in [6.07, 6.45) is 0. The summed E-state index contributed by atoms with van der Waals surface area (Å²) in [5, 5.41) is 11.8. The molecule has 78 valence electrons. The second-order valence-electron chi connectivity index (χ2n) is 3.68. The molecule has 1 aromatic heterocycles. The maximum Gasteiger partial charge on any atom is 0.142 e. The van der Waals surface area contributed by atoms with Gasteiger partial charge in [0, 0.05) is 15.2 Å². The Bertz CT molecular complexity index is 694. The van der Waals surface area contributed by atoms with Gasteiger partial charge in [-0.1, -0.05) is 34.1 Å². The molecule has 2 aromatic carbocycles. The summed E-state index contributed by atoms with van der Waals surface area (Å²) in [6, 6.07) is 13.5. The Morgan fingerprint density at radius 3 is 2.69 bits per heavy atom. The third-order valence-electron chi connectivity index (χ3n) is 2.56. The van der Waals surface area contributed by atoms with E-state index in [4.69, 9.17) is 0 Å². The molecule has 0 saturated heterocycles. The number of hydrogen-bond acceptors (Lipinski definition) is 2. The third kappa shape index (κ3) is 1.44. The smallest absolute Gasteiger partial charge is 0.142 e. The van der Waals surface area contributed by atoms with Crippen LogP contribution in [0, 0.1) is 0 Å². The average molecular weight is 274 g/mol. The summed E-state index contributed by atoms with van der Waals surface area (Å²) < 4.78 is 0.856. The molecule has 0 atom stereocenters. The zero-order valence-corrected chi connectivity index (χ0v) is 9.90. The second kappa shape index (κ2) is 3.46. The largest absolute Gasteiger partial charge is 0.506 e. The second-order valence-corrected chi connectivity index (χ2v) is 4.59.